The summed E-state index contributed by atoms with van der Waals surface area (Å²) in [7, 11) is 0. The Morgan fingerprint density at radius 2 is 1.78 bits per heavy atom. The van der Waals surface area contributed by atoms with Crippen LogP contribution in [-0.2, 0) is 9.53 Å². The normalized spacial score (nSPS) is 14.3. The first-order valence-electron chi connectivity index (χ1n) is 10.6. The standard InChI is InChI=1S/C22H19F4N5O4S/c23-15-4-1-13(2-5-15)20-29-30-21(36-20)28-19(33)14-3-6-17(35-22(24,25)26)16(11-14)27-18(32)12-31-7-9-34-10-8-31/h1-6,11H,7-10,12H2,(H,27,32)(H,28,30,33). The third-order valence-corrected chi connectivity index (χ3v) is 5.84. The summed E-state index contributed by atoms with van der Waals surface area (Å²) >= 11 is 1.02. The number of morpholine rings is 1. The minimum absolute atomic E-state index is 0.0512. The van der Waals surface area contributed by atoms with Crippen molar-refractivity contribution in [1.29, 1.82) is 0 Å². The van der Waals surface area contributed by atoms with Crippen LogP contribution in [0.3, 0.4) is 0 Å². The van der Waals surface area contributed by atoms with Crippen LogP contribution < -0.4 is 15.4 Å². The highest BCUT2D eigenvalue weighted by Gasteiger charge is 2.32. The fourth-order valence-electron chi connectivity index (χ4n) is 3.29. The SMILES string of the molecule is O=C(CN1CCOCC1)Nc1cc(C(=O)Nc2nnc(-c3ccc(F)cc3)s2)ccc1OC(F)(F)F. The first-order valence-corrected chi connectivity index (χ1v) is 11.4. The molecule has 9 nitrogen and oxygen atoms in total. The molecule has 1 aromatic heterocycles. The first kappa shape index (κ1) is 25.5. The summed E-state index contributed by atoms with van der Waals surface area (Å²) in [5, 5.41) is 13.3. The van der Waals surface area contributed by atoms with E-state index in [1.54, 1.807) is 4.90 Å². The Bertz CT molecular complexity index is 1230. The number of nitrogens with one attached hydrogen (secondary N) is 2. The van der Waals surface area contributed by atoms with Gasteiger partial charge >= 0.3 is 6.36 Å². The van der Waals surface area contributed by atoms with Crippen molar-refractivity contribution in [3.05, 3.63) is 53.8 Å². The number of nitrogens with zero attached hydrogens (tertiary/aromatic N) is 3. The van der Waals surface area contributed by atoms with Crippen LogP contribution in [0, 0.1) is 5.82 Å². The fourth-order valence-corrected chi connectivity index (χ4v) is 4.03. The van der Waals surface area contributed by atoms with Crippen LogP contribution in [0.5, 0.6) is 5.75 Å². The van der Waals surface area contributed by atoms with E-state index in [0.29, 0.717) is 36.9 Å². The maximum absolute atomic E-state index is 13.1. The van der Waals surface area contributed by atoms with Gasteiger partial charge in [-0.15, -0.1) is 23.4 Å². The zero-order valence-electron chi connectivity index (χ0n) is 18.5. The highest BCUT2D eigenvalue weighted by Crippen LogP contribution is 2.32. The molecule has 0 unspecified atom stereocenters. The largest absolute Gasteiger partial charge is 0.573 e. The molecule has 190 valence electrons. The zero-order chi connectivity index (χ0) is 25.7. The van der Waals surface area contributed by atoms with Crippen LogP contribution in [0.15, 0.2) is 42.5 Å². The summed E-state index contributed by atoms with van der Waals surface area (Å²) in [6.07, 6.45) is -5.00. The summed E-state index contributed by atoms with van der Waals surface area (Å²) in [6, 6.07) is 8.67. The smallest absolute Gasteiger partial charge is 0.404 e. The van der Waals surface area contributed by atoms with Gasteiger partial charge in [-0.1, -0.05) is 11.3 Å². The van der Waals surface area contributed by atoms with E-state index < -0.39 is 29.7 Å². The maximum Gasteiger partial charge on any atom is 0.573 e. The van der Waals surface area contributed by atoms with Gasteiger partial charge in [0, 0.05) is 24.2 Å². The Hall–Kier alpha value is -3.62. The van der Waals surface area contributed by atoms with Gasteiger partial charge in [-0.2, -0.15) is 0 Å². The molecule has 1 fully saturated rings. The number of hydrogen-bond acceptors (Lipinski definition) is 8. The number of carbonyl (C=O) groups is 2. The Kier molecular flexibility index (Phi) is 7.76. The van der Waals surface area contributed by atoms with Crippen molar-refractivity contribution in [2.75, 3.05) is 43.5 Å². The third kappa shape index (κ3) is 6.96. The number of hydrogen-bond donors (Lipinski definition) is 2. The Morgan fingerprint density at radius 3 is 2.47 bits per heavy atom. The van der Waals surface area contributed by atoms with Crippen LogP contribution in [0.1, 0.15) is 10.4 Å². The van der Waals surface area contributed by atoms with Gasteiger partial charge in [0.1, 0.15) is 10.8 Å². The lowest BCUT2D eigenvalue weighted by Crippen LogP contribution is -2.41. The molecule has 2 heterocycles. The zero-order valence-corrected chi connectivity index (χ0v) is 19.3. The number of benzene rings is 2. The molecule has 1 aliphatic rings. The van der Waals surface area contributed by atoms with Crippen molar-refractivity contribution in [1.82, 2.24) is 15.1 Å². The molecule has 2 N–H and O–H groups in total. The summed E-state index contributed by atoms with van der Waals surface area (Å²) in [5.41, 5.74) is 0.223. The van der Waals surface area contributed by atoms with Crippen molar-refractivity contribution >= 4 is 34.0 Å². The molecule has 1 saturated heterocycles. The Balaban J connectivity index is 1.49. The molecule has 3 aromatic rings. The Labute approximate surface area is 206 Å². The van der Waals surface area contributed by atoms with Gasteiger partial charge in [0.05, 0.1) is 25.4 Å². The van der Waals surface area contributed by atoms with Crippen LogP contribution >= 0.6 is 11.3 Å². The van der Waals surface area contributed by atoms with Gasteiger partial charge in [-0.25, -0.2) is 4.39 Å². The number of carbonyl (C=O) groups excluding carboxylic acids is 2. The molecule has 2 amide bonds. The maximum atomic E-state index is 13.1. The summed E-state index contributed by atoms with van der Waals surface area (Å²) in [5.74, 6) is -2.35. The van der Waals surface area contributed by atoms with Crippen molar-refractivity contribution in [2.24, 2.45) is 0 Å². The Morgan fingerprint density at radius 1 is 1.06 bits per heavy atom. The number of halogens is 4. The lowest BCUT2D eigenvalue weighted by molar-refractivity contribution is -0.274. The number of rotatable bonds is 7. The first-order chi connectivity index (χ1) is 17.2. The topological polar surface area (TPSA) is 106 Å². The van der Waals surface area contributed by atoms with E-state index in [-0.39, 0.29) is 22.9 Å². The highest BCUT2D eigenvalue weighted by atomic mass is 32.1. The molecule has 2 aromatic carbocycles. The van der Waals surface area contributed by atoms with E-state index in [9.17, 15) is 27.2 Å². The van der Waals surface area contributed by atoms with Gasteiger partial charge in [-0.3, -0.25) is 19.8 Å². The van der Waals surface area contributed by atoms with E-state index >= 15 is 0 Å². The molecule has 0 aliphatic carbocycles. The van der Waals surface area contributed by atoms with Gasteiger partial charge in [0.15, 0.2) is 5.75 Å². The summed E-state index contributed by atoms with van der Waals surface area (Å²) in [6.45, 7) is 1.83. The van der Waals surface area contributed by atoms with Crippen molar-refractivity contribution in [3.63, 3.8) is 0 Å². The lowest BCUT2D eigenvalue weighted by atomic mass is 10.1. The molecular weight excluding hydrogens is 506 g/mol. The average Bonchev–Trinajstić information content (AvgIpc) is 3.28. The molecule has 0 spiro atoms. The summed E-state index contributed by atoms with van der Waals surface area (Å²) < 4.78 is 61.0. The van der Waals surface area contributed by atoms with Crippen molar-refractivity contribution < 1.29 is 36.6 Å². The third-order valence-electron chi connectivity index (χ3n) is 4.95. The number of alkyl halides is 3. The van der Waals surface area contributed by atoms with Crippen LogP contribution in [0.4, 0.5) is 28.4 Å². The highest BCUT2D eigenvalue weighted by molar-refractivity contribution is 7.18. The molecule has 0 radical (unpaired) electrons. The fraction of sp³-hybridized carbons (Fsp3) is 0.273. The van der Waals surface area contributed by atoms with E-state index in [1.807, 2.05) is 0 Å². The van der Waals surface area contributed by atoms with Gasteiger partial charge in [0.25, 0.3) is 5.91 Å². The molecule has 0 bridgehead atoms. The lowest BCUT2D eigenvalue weighted by Gasteiger charge is -2.26. The van der Waals surface area contributed by atoms with E-state index in [0.717, 1.165) is 29.5 Å². The minimum atomic E-state index is -5.00. The number of ether oxygens (including phenoxy) is 2. The van der Waals surface area contributed by atoms with Crippen LogP contribution in [0.2, 0.25) is 0 Å². The molecule has 4 rings (SSSR count). The predicted octanol–water partition coefficient (Wildman–Crippen LogP) is 3.77. The number of aromatic nitrogens is 2. The second-order valence-corrected chi connectivity index (χ2v) is 8.55. The molecule has 0 saturated carbocycles. The molecule has 0 atom stereocenters. The second-order valence-electron chi connectivity index (χ2n) is 7.57. The van der Waals surface area contributed by atoms with E-state index in [2.05, 4.69) is 25.6 Å². The molecular formula is C22H19F4N5O4S. The molecule has 36 heavy (non-hydrogen) atoms. The average molecular weight is 525 g/mol. The van der Waals surface area contributed by atoms with Gasteiger partial charge < -0.3 is 14.8 Å². The molecule has 1 aliphatic heterocycles. The minimum Gasteiger partial charge on any atom is -0.404 e. The van der Waals surface area contributed by atoms with Gasteiger partial charge in [0.2, 0.25) is 11.0 Å². The van der Waals surface area contributed by atoms with Crippen LogP contribution in [0.25, 0.3) is 10.6 Å². The monoisotopic (exact) mass is 525 g/mol. The van der Waals surface area contributed by atoms with E-state index in [4.69, 9.17) is 4.74 Å². The molecule has 14 heteroatoms. The quantitative estimate of drug-likeness (QED) is 0.453. The second kappa shape index (κ2) is 11.0. The van der Waals surface area contributed by atoms with Crippen LogP contribution in [-0.4, -0.2) is 66.1 Å². The summed E-state index contributed by atoms with van der Waals surface area (Å²) in [4.78, 5) is 27.0. The number of amides is 2. The predicted molar refractivity (Wildman–Crippen MR) is 122 cm³/mol. The van der Waals surface area contributed by atoms with Crippen molar-refractivity contribution in [2.45, 2.75) is 6.36 Å². The van der Waals surface area contributed by atoms with E-state index in [1.165, 1.54) is 24.3 Å². The van der Waals surface area contributed by atoms with Gasteiger partial charge in [-0.05, 0) is 42.5 Å². The van der Waals surface area contributed by atoms with Crippen molar-refractivity contribution in [3.8, 4) is 16.3 Å². The number of anilines is 2.